The second-order valence-electron chi connectivity index (χ2n) is 4.94. The highest BCUT2D eigenvalue weighted by Gasteiger charge is 2.13. The highest BCUT2D eigenvalue weighted by molar-refractivity contribution is 5.83. The van der Waals surface area contributed by atoms with Crippen molar-refractivity contribution in [3.8, 4) is 11.5 Å². The molecule has 2 aromatic rings. The molecule has 0 bridgehead atoms. The van der Waals surface area contributed by atoms with Gasteiger partial charge in [0.25, 0.3) is 0 Å². The summed E-state index contributed by atoms with van der Waals surface area (Å²) < 4.78 is 10.6. The summed E-state index contributed by atoms with van der Waals surface area (Å²) in [5, 5.41) is 1.01. The van der Waals surface area contributed by atoms with Gasteiger partial charge >= 0.3 is 0 Å². The first-order valence-corrected chi connectivity index (χ1v) is 6.34. The Kier molecular flexibility index (Phi) is 3.90. The van der Waals surface area contributed by atoms with Crippen molar-refractivity contribution in [2.45, 2.75) is 19.9 Å². The van der Waals surface area contributed by atoms with Crippen molar-refractivity contribution in [2.24, 2.45) is 11.7 Å². The third-order valence-electron chi connectivity index (χ3n) is 3.31. The Morgan fingerprint density at radius 3 is 2.26 bits per heavy atom. The molecular weight excluding hydrogens is 240 g/mol. The van der Waals surface area contributed by atoms with Gasteiger partial charge in [0, 0.05) is 23.7 Å². The number of hydrogen-bond acceptors (Lipinski definition) is 4. The minimum Gasteiger partial charge on any atom is -0.493 e. The number of benzene rings is 1. The van der Waals surface area contributed by atoms with E-state index in [0.29, 0.717) is 17.4 Å². The van der Waals surface area contributed by atoms with Gasteiger partial charge in [-0.25, -0.2) is 0 Å². The van der Waals surface area contributed by atoms with Crippen LogP contribution in [0.4, 0.5) is 0 Å². The summed E-state index contributed by atoms with van der Waals surface area (Å²) in [4.78, 5) is 4.45. The maximum Gasteiger partial charge on any atom is 0.162 e. The Bertz CT molecular complexity index is 582. The Labute approximate surface area is 113 Å². The summed E-state index contributed by atoms with van der Waals surface area (Å²) in [6, 6.07) is 5.86. The van der Waals surface area contributed by atoms with E-state index in [-0.39, 0.29) is 6.04 Å². The number of pyridine rings is 1. The predicted octanol–water partition coefficient (Wildman–Crippen LogP) is 2.91. The predicted molar refractivity (Wildman–Crippen MR) is 76.6 cm³/mol. The largest absolute Gasteiger partial charge is 0.493 e. The first kappa shape index (κ1) is 13.6. The molecule has 1 unspecified atom stereocenters. The standard InChI is InChI=1S/C15H20N2O2/c1-9(2)15(16)11-5-10-6-13(18-3)14(19-4)7-12(10)17-8-11/h5-9,15H,16H2,1-4H3. The zero-order valence-electron chi connectivity index (χ0n) is 11.8. The van der Waals surface area contributed by atoms with Crippen molar-refractivity contribution in [2.75, 3.05) is 14.2 Å². The molecule has 0 aliphatic rings. The van der Waals surface area contributed by atoms with Crippen LogP contribution in [0.25, 0.3) is 10.9 Å². The van der Waals surface area contributed by atoms with E-state index >= 15 is 0 Å². The van der Waals surface area contributed by atoms with Crippen molar-refractivity contribution in [1.82, 2.24) is 4.98 Å². The molecule has 0 aliphatic heterocycles. The van der Waals surface area contributed by atoms with Crippen molar-refractivity contribution >= 4 is 10.9 Å². The van der Waals surface area contributed by atoms with Gasteiger partial charge in [-0.1, -0.05) is 13.8 Å². The molecule has 1 aromatic carbocycles. The van der Waals surface area contributed by atoms with Crippen LogP contribution in [0.2, 0.25) is 0 Å². The molecule has 1 atom stereocenters. The molecule has 2 N–H and O–H groups in total. The normalized spacial score (nSPS) is 12.7. The molecule has 0 spiro atoms. The van der Waals surface area contributed by atoms with Crippen molar-refractivity contribution in [3.05, 3.63) is 30.0 Å². The summed E-state index contributed by atoms with van der Waals surface area (Å²) in [7, 11) is 3.24. The van der Waals surface area contributed by atoms with Gasteiger partial charge in [0.2, 0.25) is 0 Å². The smallest absolute Gasteiger partial charge is 0.162 e. The summed E-state index contributed by atoms with van der Waals surface area (Å²) in [5.41, 5.74) is 8.07. The monoisotopic (exact) mass is 260 g/mol. The van der Waals surface area contributed by atoms with Crippen LogP contribution in [0.3, 0.4) is 0 Å². The first-order chi connectivity index (χ1) is 9.06. The second kappa shape index (κ2) is 5.45. The Balaban J connectivity index is 2.53. The fourth-order valence-corrected chi connectivity index (χ4v) is 2.04. The fourth-order valence-electron chi connectivity index (χ4n) is 2.04. The summed E-state index contributed by atoms with van der Waals surface area (Å²) in [6.07, 6.45) is 1.83. The summed E-state index contributed by atoms with van der Waals surface area (Å²) in [5.74, 6) is 1.76. The molecule has 19 heavy (non-hydrogen) atoms. The van der Waals surface area contributed by atoms with E-state index in [0.717, 1.165) is 16.5 Å². The SMILES string of the molecule is COc1cc2cc(C(N)C(C)C)cnc2cc1OC. The van der Waals surface area contributed by atoms with Gasteiger partial charge in [-0.15, -0.1) is 0 Å². The maximum absolute atomic E-state index is 6.16. The zero-order valence-corrected chi connectivity index (χ0v) is 11.8. The van der Waals surface area contributed by atoms with Crippen LogP contribution in [0, 0.1) is 5.92 Å². The van der Waals surface area contributed by atoms with E-state index in [2.05, 4.69) is 24.9 Å². The molecule has 0 radical (unpaired) electrons. The summed E-state index contributed by atoms with van der Waals surface area (Å²) in [6.45, 7) is 4.20. The van der Waals surface area contributed by atoms with Crippen molar-refractivity contribution in [3.63, 3.8) is 0 Å². The maximum atomic E-state index is 6.16. The van der Waals surface area contributed by atoms with E-state index in [9.17, 15) is 0 Å². The first-order valence-electron chi connectivity index (χ1n) is 6.34. The number of hydrogen-bond donors (Lipinski definition) is 1. The number of nitrogens with zero attached hydrogens (tertiary/aromatic N) is 1. The number of ether oxygens (including phenoxy) is 2. The van der Waals surface area contributed by atoms with E-state index in [1.54, 1.807) is 14.2 Å². The molecule has 1 heterocycles. The minimum absolute atomic E-state index is 0.00926. The van der Waals surface area contributed by atoms with Crippen LogP contribution >= 0.6 is 0 Å². The quantitative estimate of drug-likeness (QED) is 0.918. The van der Waals surface area contributed by atoms with Crippen molar-refractivity contribution in [1.29, 1.82) is 0 Å². The van der Waals surface area contributed by atoms with Crippen LogP contribution in [-0.2, 0) is 0 Å². The molecule has 0 aliphatic carbocycles. The molecular formula is C15H20N2O2. The molecule has 0 saturated heterocycles. The van der Waals surface area contributed by atoms with Gasteiger partial charge in [0.1, 0.15) is 0 Å². The Morgan fingerprint density at radius 1 is 1.05 bits per heavy atom. The van der Waals surface area contributed by atoms with Gasteiger partial charge < -0.3 is 15.2 Å². The van der Waals surface area contributed by atoms with Gasteiger partial charge in [0.15, 0.2) is 11.5 Å². The lowest BCUT2D eigenvalue weighted by molar-refractivity contribution is 0.356. The highest BCUT2D eigenvalue weighted by Crippen LogP contribution is 2.32. The molecule has 4 heteroatoms. The number of aromatic nitrogens is 1. The zero-order chi connectivity index (χ0) is 14.0. The van der Waals surface area contributed by atoms with Gasteiger partial charge in [-0.05, 0) is 23.6 Å². The number of rotatable bonds is 4. The van der Waals surface area contributed by atoms with E-state index < -0.39 is 0 Å². The fraction of sp³-hybridized carbons (Fsp3) is 0.400. The average Bonchev–Trinajstić information content (AvgIpc) is 2.44. The lowest BCUT2D eigenvalue weighted by Gasteiger charge is -2.16. The van der Waals surface area contributed by atoms with E-state index in [1.165, 1.54) is 0 Å². The van der Waals surface area contributed by atoms with Crippen LogP contribution < -0.4 is 15.2 Å². The minimum atomic E-state index is -0.00926. The Morgan fingerprint density at radius 2 is 1.68 bits per heavy atom. The second-order valence-corrected chi connectivity index (χ2v) is 4.94. The molecule has 2 rings (SSSR count). The third-order valence-corrected chi connectivity index (χ3v) is 3.31. The van der Waals surface area contributed by atoms with Gasteiger partial charge in [-0.2, -0.15) is 0 Å². The van der Waals surface area contributed by atoms with Crippen LogP contribution in [0.5, 0.6) is 11.5 Å². The summed E-state index contributed by atoms with van der Waals surface area (Å²) >= 11 is 0. The van der Waals surface area contributed by atoms with E-state index in [1.807, 2.05) is 18.3 Å². The molecule has 0 amide bonds. The highest BCUT2D eigenvalue weighted by atomic mass is 16.5. The topological polar surface area (TPSA) is 57.4 Å². The van der Waals surface area contributed by atoms with Crippen LogP contribution in [-0.4, -0.2) is 19.2 Å². The van der Waals surface area contributed by atoms with Gasteiger partial charge in [-0.3, -0.25) is 4.98 Å². The van der Waals surface area contributed by atoms with Gasteiger partial charge in [0.05, 0.1) is 19.7 Å². The number of fused-ring (bicyclic) bond motifs is 1. The molecule has 4 nitrogen and oxygen atoms in total. The average molecular weight is 260 g/mol. The number of methoxy groups -OCH3 is 2. The van der Waals surface area contributed by atoms with Crippen molar-refractivity contribution < 1.29 is 9.47 Å². The van der Waals surface area contributed by atoms with Crippen LogP contribution in [0.15, 0.2) is 24.4 Å². The Hall–Kier alpha value is -1.81. The third kappa shape index (κ3) is 2.63. The lowest BCUT2D eigenvalue weighted by Crippen LogP contribution is -2.16. The lowest BCUT2D eigenvalue weighted by atomic mass is 9.97. The molecule has 0 fully saturated rings. The molecule has 1 aromatic heterocycles. The molecule has 0 saturated carbocycles. The van der Waals surface area contributed by atoms with Crippen LogP contribution in [0.1, 0.15) is 25.5 Å². The molecule has 102 valence electrons. The van der Waals surface area contributed by atoms with E-state index in [4.69, 9.17) is 15.2 Å². The number of nitrogens with two attached hydrogens (primary N) is 1.